The van der Waals surface area contributed by atoms with Crippen LogP contribution in [0.25, 0.3) is 11.1 Å². The number of benzene rings is 3. The average Bonchev–Trinajstić information content (AvgIpc) is 3.12. The third-order valence-electron chi connectivity index (χ3n) is 5.76. The smallest absolute Gasteiger partial charge is 0.413 e. The number of ether oxygens (including phenoxy) is 2. The standard InChI is InChI=1S/C25H27N5O5S/c1-25(2)30(19-7-5-6-17(14-19)23(26)27)22(15-34-25)35-24(31)29-18-12-10-16(11-13-18)20-8-3-4-9-21(20)36(28,32)33/h3-14,22H,15H2,1-2H3,(H3,26,27)(H,29,31)(H2,28,32,33). The molecule has 0 bridgehead atoms. The Hall–Kier alpha value is -3.93. The van der Waals surface area contributed by atoms with Crippen LogP contribution in [0.5, 0.6) is 0 Å². The Bertz CT molecular complexity index is 1410. The second kappa shape index (κ2) is 9.61. The molecule has 0 aliphatic carbocycles. The van der Waals surface area contributed by atoms with Crippen molar-refractivity contribution >= 4 is 33.3 Å². The minimum absolute atomic E-state index is 0.0166. The molecule has 3 aromatic carbocycles. The number of nitrogens with zero attached hydrogens (tertiary/aromatic N) is 1. The molecule has 1 heterocycles. The van der Waals surface area contributed by atoms with Crippen LogP contribution in [0, 0.1) is 5.41 Å². The molecule has 10 nitrogen and oxygen atoms in total. The van der Waals surface area contributed by atoms with Gasteiger partial charge < -0.3 is 20.1 Å². The van der Waals surface area contributed by atoms with Crippen LogP contribution in [0.2, 0.25) is 0 Å². The second-order valence-corrected chi connectivity index (χ2v) is 10.2. The first-order chi connectivity index (χ1) is 17.0. The average molecular weight is 510 g/mol. The summed E-state index contributed by atoms with van der Waals surface area (Å²) in [6.45, 7) is 3.85. The molecule has 1 aliphatic rings. The minimum Gasteiger partial charge on any atom is -0.423 e. The highest BCUT2D eigenvalue weighted by molar-refractivity contribution is 7.89. The Morgan fingerprint density at radius 2 is 1.81 bits per heavy atom. The van der Waals surface area contributed by atoms with Gasteiger partial charge in [-0.2, -0.15) is 0 Å². The third kappa shape index (κ3) is 5.33. The van der Waals surface area contributed by atoms with Crippen LogP contribution in [0.4, 0.5) is 16.2 Å². The zero-order valence-electron chi connectivity index (χ0n) is 19.8. The molecule has 36 heavy (non-hydrogen) atoms. The lowest BCUT2D eigenvalue weighted by Gasteiger charge is -2.35. The summed E-state index contributed by atoms with van der Waals surface area (Å²) in [6, 6.07) is 20.1. The quantitative estimate of drug-likeness (QED) is 0.292. The predicted molar refractivity (Wildman–Crippen MR) is 137 cm³/mol. The molecule has 3 aromatic rings. The molecule has 1 atom stereocenters. The van der Waals surface area contributed by atoms with Gasteiger partial charge in [0.1, 0.15) is 18.2 Å². The van der Waals surface area contributed by atoms with Crippen molar-refractivity contribution in [2.24, 2.45) is 10.9 Å². The summed E-state index contributed by atoms with van der Waals surface area (Å²) in [5, 5.41) is 15.7. The monoisotopic (exact) mass is 509 g/mol. The van der Waals surface area contributed by atoms with Crippen LogP contribution in [-0.2, 0) is 19.5 Å². The van der Waals surface area contributed by atoms with Crippen LogP contribution in [0.3, 0.4) is 0 Å². The largest absolute Gasteiger partial charge is 0.423 e. The van der Waals surface area contributed by atoms with E-state index in [1.54, 1.807) is 60.7 Å². The van der Waals surface area contributed by atoms with E-state index in [0.717, 1.165) is 0 Å². The number of nitrogens with one attached hydrogen (secondary N) is 2. The predicted octanol–water partition coefficient (Wildman–Crippen LogP) is 3.43. The maximum Gasteiger partial charge on any atom is 0.413 e. The van der Waals surface area contributed by atoms with E-state index in [-0.39, 0.29) is 17.3 Å². The van der Waals surface area contributed by atoms with Gasteiger partial charge in [0.2, 0.25) is 16.3 Å². The maximum absolute atomic E-state index is 12.7. The number of hydrogen-bond donors (Lipinski definition) is 4. The number of hydrogen-bond acceptors (Lipinski definition) is 7. The Morgan fingerprint density at radius 1 is 1.11 bits per heavy atom. The number of nitrogen functional groups attached to an aromatic ring is 1. The number of amides is 1. The minimum atomic E-state index is -3.89. The van der Waals surface area contributed by atoms with Crippen molar-refractivity contribution in [2.75, 3.05) is 16.8 Å². The van der Waals surface area contributed by atoms with Crippen molar-refractivity contribution in [3.8, 4) is 11.1 Å². The Kier molecular flexibility index (Phi) is 6.72. The van der Waals surface area contributed by atoms with Crippen molar-refractivity contribution < 1.29 is 22.7 Å². The SMILES string of the molecule is CC1(C)OCC(OC(=O)Nc2ccc(-c3ccccc3S(N)(=O)=O)cc2)N1c1cccc(C(=N)N)c1. The number of primary sulfonamides is 1. The van der Waals surface area contributed by atoms with E-state index in [9.17, 15) is 13.2 Å². The van der Waals surface area contributed by atoms with E-state index in [1.165, 1.54) is 6.07 Å². The summed E-state index contributed by atoms with van der Waals surface area (Å²) >= 11 is 0. The molecule has 1 unspecified atom stereocenters. The highest BCUT2D eigenvalue weighted by atomic mass is 32.2. The molecular weight excluding hydrogens is 482 g/mol. The van der Waals surface area contributed by atoms with E-state index in [0.29, 0.717) is 28.1 Å². The van der Waals surface area contributed by atoms with Gasteiger partial charge in [0.05, 0.1) is 4.90 Å². The van der Waals surface area contributed by atoms with Crippen LogP contribution in [-0.4, -0.2) is 38.9 Å². The van der Waals surface area contributed by atoms with Crippen LogP contribution in [0.1, 0.15) is 19.4 Å². The molecule has 1 amide bonds. The molecule has 6 N–H and O–H groups in total. The van der Waals surface area contributed by atoms with Crippen molar-refractivity contribution in [3.63, 3.8) is 0 Å². The van der Waals surface area contributed by atoms with Gasteiger partial charge in [-0.1, -0.05) is 42.5 Å². The van der Waals surface area contributed by atoms with Crippen molar-refractivity contribution in [2.45, 2.75) is 30.7 Å². The van der Waals surface area contributed by atoms with Crippen LogP contribution in [0.15, 0.2) is 77.7 Å². The number of carbonyl (C=O) groups is 1. The van der Waals surface area contributed by atoms with Crippen LogP contribution < -0.4 is 21.1 Å². The lowest BCUT2D eigenvalue weighted by molar-refractivity contribution is 0.0295. The van der Waals surface area contributed by atoms with Crippen LogP contribution >= 0.6 is 0 Å². The Balaban J connectivity index is 1.49. The summed E-state index contributed by atoms with van der Waals surface area (Å²) < 4.78 is 35.3. The lowest BCUT2D eigenvalue weighted by atomic mass is 10.1. The fourth-order valence-corrected chi connectivity index (χ4v) is 4.87. The van der Waals surface area contributed by atoms with E-state index >= 15 is 0 Å². The number of carbonyl (C=O) groups excluding carboxylic acids is 1. The molecule has 0 spiro atoms. The fraction of sp³-hybridized carbons (Fsp3) is 0.200. The number of amidine groups is 1. The first-order valence-electron chi connectivity index (χ1n) is 11.0. The topological polar surface area (TPSA) is 161 Å². The molecule has 0 saturated carbocycles. The lowest BCUT2D eigenvalue weighted by Crippen LogP contribution is -2.46. The first-order valence-corrected chi connectivity index (χ1v) is 12.6. The number of rotatable bonds is 6. The second-order valence-electron chi connectivity index (χ2n) is 8.70. The Morgan fingerprint density at radius 3 is 2.47 bits per heavy atom. The molecule has 4 rings (SSSR count). The molecular formula is C25H27N5O5S. The van der Waals surface area contributed by atoms with Crippen molar-refractivity contribution in [1.29, 1.82) is 5.41 Å². The normalized spacial score (nSPS) is 17.0. The summed E-state index contributed by atoms with van der Waals surface area (Å²) in [6.07, 6.45) is -1.41. The molecule has 0 radical (unpaired) electrons. The highest BCUT2D eigenvalue weighted by Gasteiger charge is 2.43. The molecule has 1 fully saturated rings. The summed E-state index contributed by atoms with van der Waals surface area (Å²) in [7, 11) is -3.89. The Labute approximate surface area is 209 Å². The van der Waals surface area contributed by atoms with Gasteiger partial charge in [-0.25, -0.2) is 18.4 Å². The van der Waals surface area contributed by atoms with Gasteiger partial charge in [-0.3, -0.25) is 10.7 Å². The highest BCUT2D eigenvalue weighted by Crippen LogP contribution is 2.34. The molecule has 188 valence electrons. The van der Waals surface area contributed by atoms with Crippen molar-refractivity contribution in [1.82, 2.24) is 0 Å². The summed E-state index contributed by atoms with van der Waals surface area (Å²) in [5.74, 6) is -0.0693. The first kappa shape index (κ1) is 25.2. The van der Waals surface area contributed by atoms with Gasteiger partial charge in [-0.05, 0) is 49.7 Å². The van der Waals surface area contributed by atoms with E-state index in [4.69, 9.17) is 25.8 Å². The summed E-state index contributed by atoms with van der Waals surface area (Å²) in [4.78, 5) is 14.5. The molecule has 1 saturated heterocycles. The molecule has 11 heteroatoms. The number of sulfonamides is 1. The van der Waals surface area contributed by atoms with E-state index < -0.39 is 28.1 Å². The maximum atomic E-state index is 12.7. The van der Waals surface area contributed by atoms with Gasteiger partial charge in [0, 0.05) is 22.5 Å². The molecule has 0 aromatic heterocycles. The summed E-state index contributed by atoms with van der Waals surface area (Å²) in [5.41, 5.74) is 7.65. The van der Waals surface area contributed by atoms with Gasteiger partial charge >= 0.3 is 6.09 Å². The number of nitrogens with two attached hydrogens (primary N) is 2. The number of anilines is 2. The van der Waals surface area contributed by atoms with Gasteiger partial charge in [0.15, 0.2) is 0 Å². The zero-order valence-corrected chi connectivity index (χ0v) is 20.6. The fourth-order valence-electron chi connectivity index (χ4n) is 4.11. The van der Waals surface area contributed by atoms with Gasteiger partial charge in [-0.15, -0.1) is 0 Å². The van der Waals surface area contributed by atoms with E-state index in [1.807, 2.05) is 24.8 Å². The zero-order chi connectivity index (χ0) is 26.1. The van der Waals surface area contributed by atoms with Crippen molar-refractivity contribution in [3.05, 3.63) is 78.4 Å². The van der Waals surface area contributed by atoms with E-state index in [2.05, 4.69) is 5.32 Å². The van der Waals surface area contributed by atoms with Gasteiger partial charge in [0.25, 0.3) is 0 Å². The third-order valence-corrected chi connectivity index (χ3v) is 6.73. The molecule has 1 aliphatic heterocycles.